The van der Waals surface area contributed by atoms with E-state index in [-0.39, 0.29) is 23.8 Å². The summed E-state index contributed by atoms with van der Waals surface area (Å²) in [6.45, 7) is 1.72. The molecule has 0 aliphatic heterocycles. The smallest absolute Gasteiger partial charge is 0.244 e. The standard InChI is InChI=1S/C23H17ClFN3O2/c1-14-9-10-16(24)12-19(14)26-21(29)13-28-20-8-3-2-7-18(20)27-23(28)22(30)15-5-4-6-17(25)11-15/h2-12H,13H2,1H3,(H,26,29). The lowest BCUT2D eigenvalue weighted by atomic mass is 10.1. The highest BCUT2D eigenvalue weighted by Crippen LogP contribution is 2.22. The Kier molecular flexibility index (Phi) is 5.33. The van der Waals surface area contributed by atoms with Gasteiger partial charge in [-0.2, -0.15) is 0 Å². The van der Waals surface area contributed by atoms with E-state index < -0.39 is 11.6 Å². The molecular formula is C23H17ClFN3O2. The van der Waals surface area contributed by atoms with Gasteiger partial charge in [-0.3, -0.25) is 9.59 Å². The van der Waals surface area contributed by atoms with E-state index in [0.29, 0.717) is 21.7 Å². The second-order valence-corrected chi connectivity index (χ2v) is 7.29. The number of halogens is 2. The van der Waals surface area contributed by atoms with Gasteiger partial charge in [-0.15, -0.1) is 0 Å². The van der Waals surface area contributed by atoms with E-state index in [1.807, 2.05) is 13.0 Å². The minimum atomic E-state index is -0.516. The summed E-state index contributed by atoms with van der Waals surface area (Å²) < 4.78 is 15.2. The molecule has 150 valence electrons. The maximum Gasteiger partial charge on any atom is 0.244 e. The summed E-state index contributed by atoms with van der Waals surface area (Å²) in [6.07, 6.45) is 0. The number of para-hydroxylation sites is 2. The molecular weight excluding hydrogens is 405 g/mol. The SMILES string of the molecule is Cc1ccc(Cl)cc1NC(=O)Cn1c(C(=O)c2cccc(F)c2)nc2ccccc21. The van der Waals surface area contributed by atoms with Gasteiger partial charge in [0.2, 0.25) is 11.7 Å². The number of anilines is 1. The minimum Gasteiger partial charge on any atom is -0.324 e. The van der Waals surface area contributed by atoms with Gasteiger partial charge in [-0.05, 0) is 48.9 Å². The largest absolute Gasteiger partial charge is 0.324 e. The van der Waals surface area contributed by atoms with Crippen LogP contribution in [0.15, 0.2) is 66.7 Å². The molecule has 5 nitrogen and oxygen atoms in total. The Hall–Kier alpha value is -3.51. The van der Waals surface area contributed by atoms with Gasteiger partial charge in [-0.1, -0.05) is 41.9 Å². The van der Waals surface area contributed by atoms with Gasteiger partial charge >= 0.3 is 0 Å². The van der Waals surface area contributed by atoms with Crippen molar-refractivity contribution >= 4 is 40.0 Å². The van der Waals surface area contributed by atoms with Gasteiger partial charge in [0, 0.05) is 16.3 Å². The first-order valence-electron chi connectivity index (χ1n) is 9.24. The molecule has 0 radical (unpaired) electrons. The third-order valence-corrected chi connectivity index (χ3v) is 4.95. The summed E-state index contributed by atoms with van der Waals surface area (Å²) in [5, 5.41) is 3.33. The molecule has 0 aliphatic carbocycles. The Balaban J connectivity index is 1.71. The first-order valence-corrected chi connectivity index (χ1v) is 9.62. The van der Waals surface area contributed by atoms with Gasteiger partial charge in [-0.25, -0.2) is 9.37 Å². The Morgan fingerprint density at radius 1 is 1.07 bits per heavy atom. The van der Waals surface area contributed by atoms with Crippen molar-refractivity contribution in [3.8, 4) is 0 Å². The zero-order valence-electron chi connectivity index (χ0n) is 16.0. The second-order valence-electron chi connectivity index (χ2n) is 6.86. The zero-order chi connectivity index (χ0) is 21.3. The summed E-state index contributed by atoms with van der Waals surface area (Å²) in [6, 6.07) is 17.8. The van der Waals surface area contributed by atoms with E-state index in [4.69, 9.17) is 11.6 Å². The highest BCUT2D eigenvalue weighted by Gasteiger charge is 2.21. The predicted molar refractivity (Wildman–Crippen MR) is 114 cm³/mol. The number of nitrogens with zero attached hydrogens (tertiary/aromatic N) is 2. The Morgan fingerprint density at radius 3 is 2.67 bits per heavy atom. The summed E-state index contributed by atoms with van der Waals surface area (Å²) in [5.74, 6) is -1.24. The van der Waals surface area contributed by atoms with Crippen LogP contribution >= 0.6 is 11.6 Å². The van der Waals surface area contributed by atoms with Gasteiger partial charge in [0.25, 0.3) is 0 Å². The highest BCUT2D eigenvalue weighted by atomic mass is 35.5. The highest BCUT2D eigenvalue weighted by molar-refractivity contribution is 6.31. The molecule has 1 aromatic heterocycles. The van der Waals surface area contributed by atoms with Crippen molar-refractivity contribution in [1.82, 2.24) is 9.55 Å². The van der Waals surface area contributed by atoms with Crippen LogP contribution in [-0.2, 0) is 11.3 Å². The molecule has 3 aromatic carbocycles. The average molecular weight is 422 g/mol. The van der Waals surface area contributed by atoms with Gasteiger partial charge in [0.05, 0.1) is 11.0 Å². The fraction of sp³-hybridized carbons (Fsp3) is 0.0870. The number of hydrogen-bond acceptors (Lipinski definition) is 3. The van der Waals surface area contributed by atoms with E-state index >= 15 is 0 Å². The molecule has 7 heteroatoms. The van der Waals surface area contributed by atoms with E-state index in [1.165, 1.54) is 22.8 Å². The van der Waals surface area contributed by atoms with Crippen LogP contribution < -0.4 is 5.32 Å². The Bertz CT molecular complexity index is 1280. The van der Waals surface area contributed by atoms with E-state index in [2.05, 4.69) is 10.3 Å². The minimum absolute atomic E-state index is 0.0692. The molecule has 1 heterocycles. The van der Waals surface area contributed by atoms with Crippen molar-refractivity contribution in [2.75, 3.05) is 5.32 Å². The molecule has 0 spiro atoms. The van der Waals surface area contributed by atoms with Crippen LogP contribution in [0.1, 0.15) is 21.7 Å². The summed E-state index contributed by atoms with van der Waals surface area (Å²) in [4.78, 5) is 30.2. The van der Waals surface area contributed by atoms with E-state index in [0.717, 1.165) is 11.6 Å². The number of nitrogens with one attached hydrogen (secondary N) is 1. The lowest BCUT2D eigenvalue weighted by molar-refractivity contribution is -0.116. The maximum absolute atomic E-state index is 13.6. The lowest BCUT2D eigenvalue weighted by Gasteiger charge is -2.11. The molecule has 1 N–H and O–H groups in total. The van der Waals surface area contributed by atoms with Crippen LogP contribution in [-0.4, -0.2) is 21.2 Å². The monoisotopic (exact) mass is 421 g/mol. The van der Waals surface area contributed by atoms with Crippen molar-refractivity contribution in [2.24, 2.45) is 0 Å². The first kappa shape index (κ1) is 19.8. The third kappa shape index (κ3) is 3.95. The number of carbonyl (C=O) groups is 2. The second kappa shape index (κ2) is 8.08. The average Bonchev–Trinajstić information content (AvgIpc) is 3.08. The van der Waals surface area contributed by atoms with Crippen LogP contribution in [0.5, 0.6) is 0 Å². The van der Waals surface area contributed by atoms with Crippen molar-refractivity contribution in [3.63, 3.8) is 0 Å². The molecule has 30 heavy (non-hydrogen) atoms. The van der Waals surface area contributed by atoms with Gasteiger partial charge in [0.15, 0.2) is 5.82 Å². The van der Waals surface area contributed by atoms with Crippen molar-refractivity contribution in [3.05, 3.63) is 94.5 Å². The number of amides is 1. The Labute approximate surface area is 177 Å². The number of fused-ring (bicyclic) bond motifs is 1. The maximum atomic E-state index is 13.6. The molecule has 0 atom stereocenters. The molecule has 4 rings (SSSR count). The number of benzene rings is 3. The predicted octanol–water partition coefficient (Wildman–Crippen LogP) is 5.01. The number of carbonyl (C=O) groups excluding carboxylic acids is 2. The fourth-order valence-corrected chi connectivity index (χ4v) is 3.40. The molecule has 0 bridgehead atoms. The third-order valence-electron chi connectivity index (χ3n) is 4.72. The molecule has 0 aliphatic rings. The van der Waals surface area contributed by atoms with Gasteiger partial charge < -0.3 is 9.88 Å². The summed E-state index contributed by atoms with van der Waals surface area (Å²) in [7, 11) is 0. The Morgan fingerprint density at radius 2 is 1.87 bits per heavy atom. The molecule has 4 aromatic rings. The van der Waals surface area contributed by atoms with Gasteiger partial charge in [0.1, 0.15) is 12.4 Å². The quantitative estimate of drug-likeness (QED) is 0.461. The number of aryl methyl sites for hydroxylation is 1. The molecule has 0 fully saturated rings. The molecule has 1 amide bonds. The summed E-state index contributed by atoms with van der Waals surface area (Å²) in [5.41, 5.74) is 2.83. The van der Waals surface area contributed by atoms with Crippen LogP contribution in [0.2, 0.25) is 5.02 Å². The normalized spacial score (nSPS) is 10.9. The van der Waals surface area contributed by atoms with Crippen LogP contribution in [0, 0.1) is 12.7 Å². The summed E-state index contributed by atoms with van der Waals surface area (Å²) >= 11 is 6.03. The first-order chi connectivity index (χ1) is 14.4. The van der Waals surface area contributed by atoms with Crippen molar-refractivity contribution in [1.29, 1.82) is 0 Å². The van der Waals surface area contributed by atoms with Crippen LogP contribution in [0.3, 0.4) is 0 Å². The zero-order valence-corrected chi connectivity index (χ0v) is 16.8. The van der Waals surface area contributed by atoms with Crippen LogP contribution in [0.4, 0.5) is 10.1 Å². The van der Waals surface area contributed by atoms with Crippen LogP contribution in [0.25, 0.3) is 11.0 Å². The number of rotatable bonds is 5. The topological polar surface area (TPSA) is 64.0 Å². The lowest BCUT2D eigenvalue weighted by Crippen LogP contribution is -2.22. The number of ketones is 1. The molecule has 0 saturated heterocycles. The van der Waals surface area contributed by atoms with E-state index in [9.17, 15) is 14.0 Å². The molecule has 0 saturated carbocycles. The number of imidazole rings is 1. The molecule has 0 unspecified atom stereocenters. The number of aromatic nitrogens is 2. The number of hydrogen-bond donors (Lipinski definition) is 1. The van der Waals surface area contributed by atoms with Crippen molar-refractivity contribution in [2.45, 2.75) is 13.5 Å². The van der Waals surface area contributed by atoms with Crippen molar-refractivity contribution < 1.29 is 14.0 Å². The fourth-order valence-electron chi connectivity index (χ4n) is 3.23. The van der Waals surface area contributed by atoms with E-state index in [1.54, 1.807) is 36.4 Å².